The van der Waals surface area contributed by atoms with E-state index in [0.29, 0.717) is 33.6 Å². The van der Waals surface area contributed by atoms with Crippen molar-refractivity contribution in [3.8, 4) is 16.9 Å². The largest absolute Gasteiger partial charge is 0.290 e. The van der Waals surface area contributed by atoms with Gasteiger partial charge in [0.1, 0.15) is 10.0 Å². The van der Waals surface area contributed by atoms with Crippen molar-refractivity contribution < 1.29 is 13.2 Å². The molecule has 2 aliphatic heterocycles. The zero-order valence-electron chi connectivity index (χ0n) is 21.5. The van der Waals surface area contributed by atoms with Crippen LogP contribution in [0.4, 0.5) is 0 Å². The van der Waals surface area contributed by atoms with E-state index in [1.54, 1.807) is 32.1 Å². The second-order valence-electron chi connectivity index (χ2n) is 10.2. The molecule has 1 aromatic heterocycles. The lowest BCUT2D eigenvalue weighted by molar-refractivity contribution is -0.124. The van der Waals surface area contributed by atoms with Crippen molar-refractivity contribution in [3.63, 3.8) is 0 Å². The predicted octanol–water partition coefficient (Wildman–Crippen LogP) is 5.86. The van der Waals surface area contributed by atoms with E-state index in [9.17, 15) is 13.2 Å². The van der Waals surface area contributed by atoms with Crippen LogP contribution in [-0.4, -0.2) is 56.8 Å². The van der Waals surface area contributed by atoms with Gasteiger partial charge in [-0.15, -0.1) is 0 Å². The molecule has 0 spiro atoms. The Balaban J connectivity index is 1.40. The molecule has 10 heteroatoms. The van der Waals surface area contributed by atoms with Crippen molar-refractivity contribution in [1.82, 2.24) is 19.0 Å². The number of carbonyl (C=O) groups excluding carboxylic acids is 1. The molecule has 39 heavy (non-hydrogen) atoms. The fraction of sp³-hybridized carbons (Fsp3) is 0.345. The van der Waals surface area contributed by atoms with Crippen molar-refractivity contribution in [2.45, 2.75) is 55.9 Å². The van der Waals surface area contributed by atoms with E-state index in [4.69, 9.17) is 17.3 Å². The van der Waals surface area contributed by atoms with Gasteiger partial charge in [0, 0.05) is 36.5 Å². The molecule has 1 saturated carbocycles. The number of carbonyl (C=O) groups is 1. The molecule has 6 rings (SSSR count). The third kappa shape index (κ3) is 5.23. The van der Waals surface area contributed by atoms with Crippen LogP contribution in [0.2, 0.25) is 0 Å². The molecule has 0 N–H and O–H groups in total. The van der Waals surface area contributed by atoms with Gasteiger partial charge in [-0.3, -0.25) is 9.69 Å². The molecule has 0 unspecified atom stereocenters. The Bertz CT molecular complexity index is 1540. The molecule has 1 amide bonds. The summed E-state index contributed by atoms with van der Waals surface area (Å²) in [5.74, 6) is -0.0549. The summed E-state index contributed by atoms with van der Waals surface area (Å²) in [6.07, 6.45) is 10.9. The molecule has 2 aromatic carbocycles. The first-order chi connectivity index (χ1) is 18.9. The Labute approximate surface area is 238 Å². The molecule has 3 aliphatic rings. The average Bonchev–Trinajstić information content (AvgIpc) is 3.70. The SMILES string of the molecule is O=C1C(=Cc2cn(-c3ccccc3)nc2-c2cccc(S(=O)(=O)N3CCCC3)c2)SC(=S)N1C1CCCCC1. The second-order valence-corrected chi connectivity index (χ2v) is 13.8. The number of thioether (sulfide) groups is 1. The van der Waals surface area contributed by atoms with Gasteiger partial charge in [0.15, 0.2) is 0 Å². The van der Waals surface area contributed by atoms with Gasteiger partial charge in [-0.25, -0.2) is 13.1 Å². The molecule has 3 heterocycles. The van der Waals surface area contributed by atoms with Gasteiger partial charge >= 0.3 is 0 Å². The van der Waals surface area contributed by atoms with Crippen LogP contribution in [0.3, 0.4) is 0 Å². The van der Waals surface area contributed by atoms with Gasteiger partial charge in [0.05, 0.1) is 15.5 Å². The average molecular weight is 579 g/mol. The van der Waals surface area contributed by atoms with Gasteiger partial charge in [-0.1, -0.05) is 73.6 Å². The maximum absolute atomic E-state index is 13.5. The first-order valence-corrected chi connectivity index (χ1v) is 16.1. The lowest BCUT2D eigenvalue weighted by Crippen LogP contribution is -2.39. The minimum atomic E-state index is -3.58. The first kappa shape index (κ1) is 26.4. The smallest absolute Gasteiger partial charge is 0.266 e. The van der Waals surface area contributed by atoms with Gasteiger partial charge in [-0.05, 0) is 56.0 Å². The highest BCUT2D eigenvalue weighted by Gasteiger charge is 2.37. The number of nitrogens with zero attached hydrogens (tertiary/aromatic N) is 4. The molecule has 7 nitrogen and oxygen atoms in total. The van der Waals surface area contributed by atoms with Gasteiger partial charge in [0.25, 0.3) is 5.91 Å². The summed E-state index contributed by atoms with van der Waals surface area (Å²) < 4.78 is 30.5. The predicted molar refractivity (Wildman–Crippen MR) is 159 cm³/mol. The summed E-state index contributed by atoms with van der Waals surface area (Å²) in [5.41, 5.74) is 2.90. The Kier molecular flexibility index (Phi) is 7.45. The van der Waals surface area contributed by atoms with Crippen molar-refractivity contribution in [1.29, 1.82) is 0 Å². The van der Waals surface area contributed by atoms with E-state index >= 15 is 0 Å². The van der Waals surface area contributed by atoms with Crippen LogP contribution in [0, 0.1) is 0 Å². The molecule has 2 saturated heterocycles. The monoisotopic (exact) mass is 578 g/mol. The Hall–Kier alpha value is -2.79. The van der Waals surface area contributed by atoms with E-state index in [-0.39, 0.29) is 16.8 Å². The van der Waals surface area contributed by atoms with Crippen LogP contribution in [-0.2, 0) is 14.8 Å². The van der Waals surface area contributed by atoms with Crippen molar-refractivity contribution in [2.75, 3.05) is 13.1 Å². The minimum absolute atomic E-state index is 0.0549. The number of hydrogen-bond donors (Lipinski definition) is 0. The van der Waals surface area contributed by atoms with Crippen molar-refractivity contribution in [3.05, 3.63) is 71.3 Å². The fourth-order valence-corrected chi connectivity index (χ4v) is 8.54. The van der Waals surface area contributed by atoms with Gasteiger partial charge in [0.2, 0.25) is 10.0 Å². The summed E-state index contributed by atoms with van der Waals surface area (Å²) >= 11 is 6.98. The van der Waals surface area contributed by atoms with Crippen molar-refractivity contribution in [2.24, 2.45) is 0 Å². The van der Waals surface area contributed by atoms with Crippen LogP contribution in [0.15, 0.2) is 70.6 Å². The topological polar surface area (TPSA) is 75.5 Å². The highest BCUT2D eigenvalue weighted by molar-refractivity contribution is 8.26. The lowest BCUT2D eigenvalue weighted by atomic mass is 9.94. The molecular weight excluding hydrogens is 549 g/mol. The zero-order chi connectivity index (χ0) is 27.0. The number of sulfonamides is 1. The fourth-order valence-electron chi connectivity index (χ4n) is 5.59. The van der Waals surface area contributed by atoms with Crippen LogP contribution in [0.25, 0.3) is 23.0 Å². The maximum atomic E-state index is 13.5. The molecule has 202 valence electrons. The summed E-state index contributed by atoms with van der Waals surface area (Å²) in [5, 5.41) is 4.86. The number of hydrogen-bond acceptors (Lipinski definition) is 6. The third-order valence-electron chi connectivity index (χ3n) is 7.62. The lowest BCUT2D eigenvalue weighted by Gasteiger charge is -2.29. The Morgan fingerprint density at radius 2 is 1.69 bits per heavy atom. The molecule has 3 aromatic rings. The number of rotatable bonds is 6. The normalized spacial score (nSPS) is 20.4. The maximum Gasteiger partial charge on any atom is 0.266 e. The first-order valence-electron chi connectivity index (χ1n) is 13.4. The van der Waals surface area contributed by atoms with Crippen molar-refractivity contribution >= 4 is 50.3 Å². The van der Waals surface area contributed by atoms with Gasteiger partial charge in [-0.2, -0.15) is 9.40 Å². The van der Waals surface area contributed by atoms with Crippen LogP contribution < -0.4 is 0 Å². The molecule has 0 bridgehead atoms. The number of benzene rings is 2. The third-order valence-corrected chi connectivity index (χ3v) is 10.8. The number of amides is 1. The van der Waals surface area contributed by atoms with E-state index in [1.165, 1.54) is 18.2 Å². The van der Waals surface area contributed by atoms with Crippen LogP contribution >= 0.6 is 24.0 Å². The van der Waals surface area contributed by atoms with E-state index < -0.39 is 10.0 Å². The summed E-state index contributed by atoms with van der Waals surface area (Å²) in [6, 6.07) is 16.8. The second kappa shape index (κ2) is 11.0. The minimum Gasteiger partial charge on any atom is -0.290 e. The quantitative estimate of drug-likeness (QED) is 0.270. The number of thiocarbonyl (C=S) groups is 1. The molecule has 0 atom stereocenters. The molecular formula is C29H30N4O3S3. The number of aromatic nitrogens is 2. The molecule has 3 fully saturated rings. The Morgan fingerprint density at radius 3 is 2.44 bits per heavy atom. The summed E-state index contributed by atoms with van der Waals surface area (Å²) in [6.45, 7) is 1.09. The van der Waals surface area contributed by atoms with E-state index in [1.807, 2.05) is 48.7 Å². The van der Waals surface area contributed by atoms with Crippen LogP contribution in [0.1, 0.15) is 50.5 Å². The highest BCUT2D eigenvalue weighted by Crippen LogP contribution is 2.39. The highest BCUT2D eigenvalue weighted by atomic mass is 32.2. The number of para-hydroxylation sites is 1. The molecule has 0 radical (unpaired) electrons. The van der Waals surface area contributed by atoms with E-state index in [2.05, 4.69) is 0 Å². The van der Waals surface area contributed by atoms with E-state index in [0.717, 1.165) is 49.8 Å². The standard InChI is InChI=1S/C29H30N4O3S3/c34-28-26(38-29(37)33(28)24-13-5-2-6-14-24)19-22-20-32(23-11-3-1-4-12-23)30-27(22)21-10-9-15-25(18-21)39(35,36)31-16-7-8-17-31/h1,3-4,9-12,15,18-20,24H,2,5-8,13-14,16-17H2. The summed E-state index contributed by atoms with van der Waals surface area (Å²) in [4.78, 5) is 16.1. The molecule has 1 aliphatic carbocycles. The Morgan fingerprint density at radius 1 is 0.949 bits per heavy atom. The van der Waals surface area contributed by atoms with Gasteiger partial charge < -0.3 is 0 Å². The van der Waals surface area contributed by atoms with Crippen LogP contribution in [0.5, 0.6) is 0 Å². The summed E-state index contributed by atoms with van der Waals surface area (Å²) in [7, 11) is -3.58. The zero-order valence-corrected chi connectivity index (χ0v) is 24.0.